The van der Waals surface area contributed by atoms with Crippen molar-refractivity contribution in [2.75, 3.05) is 10.6 Å². The lowest BCUT2D eigenvalue weighted by molar-refractivity contribution is 0.0998. The molecule has 7 heteroatoms. The maximum absolute atomic E-state index is 12.8. The number of furan rings is 1. The molecule has 0 radical (unpaired) electrons. The van der Waals surface area contributed by atoms with Crippen molar-refractivity contribution in [3.05, 3.63) is 77.3 Å². The summed E-state index contributed by atoms with van der Waals surface area (Å²) in [5, 5.41) is 13.3. The van der Waals surface area contributed by atoms with Crippen LogP contribution in [0.5, 0.6) is 0 Å². The average Bonchev–Trinajstić information content (AvgIpc) is 3.27. The van der Waals surface area contributed by atoms with E-state index in [2.05, 4.69) is 20.8 Å². The molecule has 0 aliphatic heterocycles. The van der Waals surface area contributed by atoms with Crippen LogP contribution in [0, 0.1) is 13.8 Å². The fourth-order valence-corrected chi connectivity index (χ4v) is 2.98. The molecular formula is C21H18N4O3. The molecule has 0 spiro atoms. The first-order valence-corrected chi connectivity index (χ1v) is 8.75. The molecule has 2 amide bonds. The van der Waals surface area contributed by atoms with E-state index in [1.54, 1.807) is 43.3 Å². The lowest BCUT2D eigenvalue weighted by Gasteiger charge is -2.11. The summed E-state index contributed by atoms with van der Waals surface area (Å²) in [6.07, 6.45) is 0. The number of benzene rings is 2. The van der Waals surface area contributed by atoms with E-state index in [1.807, 2.05) is 25.1 Å². The number of rotatable bonds is 4. The molecule has 0 fully saturated rings. The molecule has 2 aromatic heterocycles. The lowest BCUT2D eigenvalue weighted by Crippen LogP contribution is -2.18. The largest absolute Gasteiger partial charge is 0.451 e. The van der Waals surface area contributed by atoms with E-state index in [4.69, 9.17) is 4.42 Å². The molecule has 2 aromatic carbocycles. The predicted octanol–water partition coefficient (Wildman–Crippen LogP) is 4.28. The third-order valence-electron chi connectivity index (χ3n) is 4.44. The van der Waals surface area contributed by atoms with Gasteiger partial charge in [-0.25, -0.2) is 0 Å². The molecule has 0 aliphatic rings. The number of aryl methyl sites for hydroxylation is 2. The summed E-state index contributed by atoms with van der Waals surface area (Å²) in [5.41, 5.74) is 3.44. The minimum absolute atomic E-state index is 0.179. The zero-order valence-corrected chi connectivity index (χ0v) is 15.4. The highest BCUT2D eigenvalue weighted by Crippen LogP contribution is 2.23. The number of hydrogen-bond acceptors (Lipinski definition) is 4. The van der Waals surface area contributed by atoms with Crippen LogP contribution < -0.4 is 10.6 Å². The Morgan fingerprint density at radius 2 is 1.71 bits per heavy atom. The predicted molar refractivity (Wildman–Crippen MR) is 107 cm³/mol. The first-order chi connectivity index (χ1) is 13.5. The van der Waals surface area contributed by atoms with E-state index in [1.165, 1.54) is 0 Å². The maximum atomic E-state index is 12.8. The number of hydrogen-bond donors (Lipinski definition) is 3. The summed E-state index contributed by atoms with van der Waals surface area (Å²) in [7, 11) is 0. The Hall–Kier alpha value is -3.87. The number of fused-ring (bicyclic) bond motifs is 1. The second-order valence-electron chi connectivity index (χ2n) is 6.41. The molecule has 3 N–H and O–H groups in total. The number of aromatic nitrogens is 2. The summed E-state index contributed by atoms with van der Waals surface area (Å²) < 4.78 is 5.59. The number of H-pyrrole nitrogens is 1. The van der Waals surface area contributed by atoms with Crippen molar-refractivity contribution in [2.24, 2.45) is 0 Å². The van der Waals surface area contributed by atoms with E-state index < -0.39 is 5.91 Å². The Bertz CT molecular complexity index is 1140. The number of nitrogens with zero attached hydrogens (tertiary/aromatic N) is 1. The highest BCUT2D eigenvalue weighted by Gasteiger charge is 2.18. The zero-order valence-electron chi connectivity index (χ0n) is 15.4. The second kappa shape index (κ2) is 7.03. The van der Waals surface area contributed by atoms with Crippen molar-refractivity contribution in [3.8, 4) is 0 Å². The van der Waals surface area contributed by atoms with Gasteiger partial charge in [0.25, 0.3) is 11.8 Å². The van der Waals surface area contributed by atoms with Gasteiger partial charge in [0.15, 0.2) is 5.76 Å². The lowest BCUT2D eigenvalue weighted by atomic mass is 10.1. The highest BCUT2D eigenvalue weighted by molar-refractivity contribution is 6.12. The van der Waals surface area contributed by atoms with Crippen molar-refractivity contribution in [2.45, 2.75) is 13.8 Å². The first-order valence-electron chi connectivity index (χ1n) is 8.75. The normalized spacial score (nSPS) is 10.8. The van der Waals surface area contributed by atoms with Crippen LogP contribution in [0.3, 0.4) is 0 Å². The molecule has 0 unspecified atom stereocenters. The standard InChI is InChI=1S/C21H18N4O3/c1-12-19(13(2)25-24-12)23-20(26)15-8-4-5-9-16(15)22-21(27)18-11-14-7-3-6-10-17(14)28-18/h3-11H,1-2H3,(H,22,27)(H,23,26)(H,24,25). The Kier molecular flexibility index (Phi) is 4.41. The SMILES string of the molecule is Cc1n[nH]c(C)c1NC(=O)c1ccccc1NC(=O)c1cc2ccccc2o1. The van der Waals surface area contributed by atoms with Crippen LogP contribution >= 0.6 is 0 Å². The third kappa shape index (κ3) is 3.25. The number of aromatic amines is 1. The van der Waals surface area contributed by atoms with Gasteiger partial charge in [-0.1, -0.05) is 30.3 Å². The Morgan fingerprint density at radius 3 is 2.46 bits per heavy atom. The van der Waals surface area contributed by atoms with E-state index >= 15 is 0 Å². The van der Waals surface area contributed by atoms with E-state index in [0.717, 1.165) is 11.1 Å². The second-order valence-corrected chi connectivity index (χ2v) is 6.41. The molecule has 0 aliphatic carbocycles. The smallest absolute Gasteiger partial charge is 0.291 e. The minimum atomic E-state index is -0.424. The van der Waals surface area contributed by atoms with Crippen LogP contribution in [0.1, 0.15) is 32.3 Å². The number of nitrogens with one attached hydrogen (secondary N) is 3. The molecule has 140 valence electrons. The molecule has 0 saturated carbocycles. The molecule has 2 heterocycles. The molecule has 28 heavy (non-hydrogen) atoms. The molecule has 0 atom stereocenters. The van der Waals surface area contributed by atoms with Crippen LogP contribution in [-0.2, 0) is 0 Å². The van der Waals surface area contributed by atoms with Crippen LogP contribution in [-0.4, -0.2) is 22.0 Å². The summed E-state index contributed by atoms with van der Waals surface area (Å²) in [6, 6.07) is 15.9. The van der Waals surface area contributed by atoms with Gasteiger partial charge in [-0.15, -0.1) is 0 Å². The van der Waals surface area contributed by atoms with Crippen LogP contribution in [0.25, 0.3) is 11.0 Å². The van der Waals surface area contributed by atoms with Gasteiger partial charge in [0.2, 0.25) is 0 Å². The highest BCUT2D eigenvalue weighted by atomic mass is 16.3. The fourth-order valence-electron chi connectivity index (χ4n) is 2.98. The summed E-state index contributed by atoms with van der Waals surface area (Å²) in [5.74, 6) is -0.585. The Labute approximate surface area is 160 Å². The quantitative estimate of drug-likeness (QED) is 0.496. The van der Waals surface area contributed by atoms with Crippen LogP contribution in [0.4, 0.5) is 11.4 Å². The van der Waals surface area contributed by atoms with E-state index in [9.17, 15) is 9.59 Å². The van der Waals surface area contributed by atoms with Crippen molar-refractivity contribution >= 4 is 34.2 Å². The van der Waals surface area contributed by atoms with Gasteiger partial charge in [-0.3, -0.25) is 14.7 Å². The third-order valence-corrected chi connectivity index (χ3v) is 4.44. The molecule has 4 rings (SSSR count). The van der Waals surface area contributed by atoms with E-state index in [-0.39, 0.29) is 11.7 Å². The number of amides is 2. The monoisotopic (exact) mass is 374 g/mol. The number of anilines is 2. The summed E-state index contributed by atoms with van der Waals surface area (Å²) in [4.78, 5) is 25.4. The van der Waals surface area contributed by atoms with E-state index in [0.29, 0.717) is 28.2 Å². The van der Waals surface area contributed by atoms with Crippen molar-refractivity contribution in [1.82, 2.24) is 10.2 Å². The van der Waals surface area contributed by atoms with Gasteiger partial charge < -0.3 is 15.1 Å². The zero-order chi connectivity index (χ0) is 19.7. The number of carbonyl (C=O) groups excluding carboxylic acids is 2. The van der Waals surface area contributed by atoms with Gasteiger partial charge in [-0.05, 0) is 38.1 Å². The van der Waals surface area contributed by atoms with Crippen LogP contribution in [0.15, 0.2) is 59.0 Å². The van der Waals surface area contributed by atoms with Crippen molar-refractivity contribution < 1.29 is 14.0 Å². The van der Waals surface area contributed by atoms with Gasteiger partial charge in [0, 0.05) is 5.39 Å². The average molecular weight is 374 g/mol. The molecule has 0 bridgehead atoms. The Morgan fingerprint density at radius 1 is 0.964 bits per heavy atom. The maximum Gasteiger partial charge on any atom is 0.291 e. The Balaban J connectivity index is 1.59. The van der Waals surface area contributed by atoms with Crippen LogP contribution in [0.2, 0.25) is 0 Å². The molecule has 4 aromatic rings. The number of carbonyl (C=O) groups is 2. The van der Waals surface area contributed by atoms with Crippen molar-refractivity contribution in [1.29, 1.82) is 0 Å². The minimum Gasteiger partial charge on any atom is -0.451 e. The molecule has 0 saturated heterocycles. The van der Waals surface area contributed by atoms with Gasteiger partial charge in [-0.2, -0.15) is 5.10 Å². The topological polar surface area (TPSA) is 100 Å². The first kappa shape index (κ1) is 17.5. The van der Waals surface area contributed by atoms with Gasteiger partial charge >= 0.3 is 0 Å². The number of para-hydroxylation sites is 2. The molecule has 7 nitrogen and oxygen atoms in total. The summed E-state index contributed by atoms with van der Waals surface area (Å²) >= 11 is 0. The summed E-state index contributed by atoms with van der Waals surface area (Å²) in [6.45, 7) is 3.62. The molecular weight excluding hydrogens is 356 g/mol. The van der Waals surface area contributed by atoms with Gasteiger partial charge in [0.05, 0.1) is 28.3 Å². The van der Waals surface area contributed by atoms with Gasteiger partial charge in [0.1, 0.15) is 5.58 Å². The van der Waals surface area contributed by atoms with Crippen molar-refractivity contribution in [3.63, 3.8) is 0 Å². The fraction of sp³-hybridized carbons (Fsp3) is 0.0952.